The number of H-pyrrole nitrogens is 1. The summed E-state index contributed by atoms with van der Waals surface area (Å²) in [5, 5.41) is 1.05. The molecule has 3 heterocycles. The molecule has 3 aromatic rings. The quantitative estimate of drug-likeness (QED) is 0.382. The number of benzene rings is 2. The van der Waals surface area contributed by atoms with E-state index in [-0.39, 0.29) is 42.5 Å². The number of fused-ring (bicyclic) bond motifs is 3. The van der Waals surface area contributed by atoms with Crippen LogP contribution in [0.15, 0.2) is 36.4 Å². The molecule has 36 heavy (non-hydrogen) atoms. The third kappa shape index (κ3) is 4.73. The molecule has 2 aliphatic heterocycles. The maximum Gasteiger partial charge on any atom is 0.135 e. The molecule has 194 valence electrons. The largest absolute Gasteiger partial charge is 0.492 e. The second-order valence-corrected chi connectivity index (χ2v) is 10.4. The first kappa shape index (κ1) is 25.1. The number of hydrogen-bond donors (Lipinski definition) is 1. The summed E-state index contributed by atoms with van der Waals surface area (Å²) in [6.45, 7) is 5.59. The Hall–Kier alpha value is -2.58. The van der Waals surface area contributed by atoms with E-state index < -0.39 is 24.4 Å². The van der Waals surface area contributed by atoms with E-state index in [2.05, 4.69) is 9.88 Å². The van der Waals surface area contributed by atoms with Crippen LogP contribution in [0.1, 0.15) is 36.7 Å². The van der Waals surface area contributed by atoms with E-state index >= 15 is 8.78 Å². The maximum atomic E-state index is 15.6. The topological polar surface area (TPSA) is 31.5 Å². The van der Waals surface area contributed by atoms with Crippen molar-refractivity contribution in [2.75, 3.05) is 46.1 Å². The predicted octanol–water partition coefficient (Wildman–Crippen LogP) is 5.67. The molecular weight excluding hydrogens is 470 g/mol. The number of likely N-dealkylation sites (tertiary alicyclic amines) is 1. The molecule has 1 fully saturated rings. The lowest BCUT2D eigenvalue weighted by atomic mass is 9.87. The zero-order valence-electron chi connectivity index (χ0n) is 20.7. The second-order valence-electron chi connectivity index (χ2n) is 10.4. The van der Waals surface area contributed by atoms with Crippen LogP contribution in [-0.4, -0.2) is 67.0 Å². The van der Waals surface area contributed by atoms with Gasteiger partial charge in [0.25, 0.3) is 0 Å². The molecule has 5 rings (SSSR count). The van der Waals surface area contributed by atoms with Gasteiger partial charge in [-0.05, 0) is 30.9 Å². The van der Waals surface area contributed by atoms with Gasteiger partial charge in [-0.1, -0.05) is 25.1 Å². The number of hydrogen-bond acceptors (Lipinski definition) is 3. The molecule has 4 nitrogen and oxygen atoms in total. The fourth-order valence-electron chi connectivity index (χ4n) is 5.67. The van der Waals surface area contributed by atoms with Crippen molar-refractivity contribution < 1.29 is 22.3 Å². The highest BCUT2D eigenvalue weighted by Crippen LogP contribution is 2.43. The number of ether oxygens (including phenoxy) is 1. The van der Waals surface area contributed by atoms with Crippen LogP contribution in [0.25, 0.3) is 10.9 Å². The van der Waals surface area contributed by atoms with Gasteiger partial charge >= 0.3 is 0 Å². The molecule has 0 amide bonds. The Morgan fingerprint density at radius 1 is 1.11 bits per heavy atom. The lowest BCUT2D eigenvalue weighted by Crippen LogP contribution is -2.49. The molecule has 1 saturated heterocycles. The zero-order valence-corrected chi connectivity index (χ0v) is 20.7. The van der Waals surface area contributed by atoms with Crippen molar-refractivity contribution in [3.8, 4) is 5.75 Å². The van der Waals surface area contributed by atoms with Crippen LogP contribution in [-0.2, 0) is 6.42 Å². The Morgan fingerprint density at radius 2 is 1.83 bits per heavy atom. The average Bonchev–Trinajstić information content (AvgIpc) is 3.19. The molecule has 1 N–H and O–H groups in total. The second kappa shape index (κ2) is 10.4. The number of nitrogens with zero attached hydrogens (tertiary/aromatic N) is 2. The molecule has 0 bridgehead atoms. The molecule has 2 aliphatic rings. The molecule has 0 saturated carbocycles. The Bertz CT molecular complexity index is 1190. The first-order chi connectivity index (χ1) is 17.4. The van der Waals surface area contributed by atoms with Crippen LogP contribution in [0, 0.1) is 23.5 Å². The number of alkyl halides is 2. The smallest absolute Gasteiger partial charge is 0.135 e. The van der Waals surface area contributed by atoms with Gasteiger partial charge in [0, 0.05) is 72.4 Å². The van der Waals surface area contributed by atoms with Gasteiger partial charge in [0.1, 0.15) is 24.0 Å². The summed E-state index contributed by atoms with van der Waals surface area (Å²) in [5.41, 5.74) is 2.67. The van der Waals surface area contributed by atoms with Crippen molar-refractivity contribution in [3.63, 3.8) is 0 Å². The van der Waals surface area contributed by atoms with E-state index in [4.69, 9.17) is 4.74 Å². The Morgan fingerprint density at radius 3 is 2.53 bits per heavy atom. The summed E-state index contributed by atoms with van der Waals surface area (Å²) >= 11 is 0. The predicted molar refractivity (Wildman–Crippen MR) is 133 cm³/mol. The Balaban J connectivity index is 1.46. The van der Waals surface area contributed by atoms with Crippen molar-refractivity contribution in [1.82, 2.24) is 14.8 Å². The van der Waals surface area contributed by atoms with E-state index in [1.165, 1.54) is 12.1 Å². The normalized spacial score (nSPS) is 21.9. The Kier molecular flexibility index (Phi) is 7.26. The average molecular weight is 504 g/mol. The van der Waals surface area contributed by atoms with Crippen LogP contribution in [0.4, 0.5) is 17.6 Å². The van der Waals surface area contributed by atoms with E-state index in [9.17, 15) is 8.78 Å². The number of aromatic nitrogens is 1. The molecule has 0 radical (unpaired) electrons. The van der Waals surface area contributed by atoms with Gasteiger partial charge in [-0.3, -0.25) is 18.6 Å². The fraction of sp³-hybridized carbons (Fsp3) is 0.500. The van der Waals surface area contributed by atoms with Crippen molar-refractivity contribution >= 4 is 10.9 Å². The third-order valence-electron chi connectivity index (χ3n) is 7.56. The van der Waals surface area contributed by atoms with Gasteiger partial charge in [0.05, 0.1) is 19.4 Å². The minimum absolute atomic E-state index is 0.0323. The van der Waals surface area contributed by atoms with E-state index in [1.54, 1.807) is 0 Å². The number of aromatic amines is 1. The summed E-state index contributed by atoms with van der Waals surface area (Å²) in [7, 11) is 0. The van der Waals surface area contributed by atoms with E-state index in [1.807, 2.05) is 43.0 Å². The lowest BCUT2D eigenvalue weighted by molar-refractivity contribution is 0.0667. The van der Waals surface area contributed by atoms with Gasteiger partial charge < -0.3 is 9.72 Å². The first-order valence-corrected chi connectivity index (χ1v) is 12.7. The van der Waals surface area contributed by atoms with Crippen LogP contribution in [0.5, 0.6) is 5.75 Å². The van der Waals surface area contributed by atoms with E-state index in [0.29, 0.717) is 32.6 Å². The highest BCUT2D eigenvalue weighted by molar-refractivity contribution is 5.85. The van der Waals surface area contributed by atoms with Crippen molar-refractivity contribution in [3.05, 3.63) is 64.9 Å². The molecule has 1 aromatic heterocycles. The van der Waals surface area contributed by atoms with Crippen molar-refractivity contribution in [2.45, 2.75) is 32.4 Å². The summed E-state index contributed by atoms with van der Waals surface area (Å²) in [6.07, 6.45) is 0.707. The first-order valence-electron chi connectivity index (χ1n) is 12.7. The summed E-state index contributed by atoms with van der Waals surface area (Å²) in [6, 6.07) is 9.59. The lowest BCUT2D eigenvalue weighted by Gasteiger charge is -2.42. The molecule has 8 heteroatoms. The minimum atomic E-state index is -0.710. The number of para-hydroxylation sites is 1. The SMILES string of the molecule is CC(CF)CN1[C@H](c2c(F)cc(OCCN3CC(CF)C3)cc2F)c2[nH]c3ccccc3c2C[C@H]1C. The number of rotatable bonds is 9. The monoisotopic (exact) mass is 503 g/mol. The molecule has 0 spiro atoms. The molecule has 3 atom stereocenters. The Labute approximate surface area is 209 Å². The van der Waals surface area contributed by atoms with Gasteiger partial charge in [-0.15, -0.1) is 0 Å². The van der Waals surface area contributed by atoms with Crippen LogP contribution < -0.4 is 4.74 Å². The molecular formula is C28H33F4N3O. The molecule has 1 unspecified atom stereocenters. The van der Waals surface area contributed by atoms with E-state index in [0.717, 1.165) is 22.2 Å². The van der Waals surface area contributed by atoms with Gasteiger partial charge in [-0.25, -0.2) is 8.78 Å². The standard InChI is InChI=1S/C28H33F4N3O/c1-17(12-29)14-35-18(2)9-22-21-5-3-4-6-25(21)33-27(22)28(35)26-23(31)10-20(11-24(26)32)36-8-7-34-15-19(13-30)16-34/h3-6,10-11,17-19,28,33H,7-9,12-16H2,1-2H3/t17?,18-,28-/m1/s1. The van der Waals surface area contributed by atoms with Gasteiger partial charge in [-0.2, -0.15) is 0 Å². The molecule has 0 aliphatic carbocycles. The van der Waals surface area contributed by atoms with Gasteiger partial charge in [0.2, 0.25) is 0 Å². The number of halogens is 4. The number of nitrogens with one attached hydrogen (secondary N) is 1. The summed E-state index contributed by atoms with van der Waals surface area (Å²) in [5.74, 6) is -1.44. The zero-order chi connectivity index (χ0) is 25.4. The van der Waals surface area contributed by atoms with Crippen LogP contribution in [0.3, 0.4) is 0 Å². The van der Waals surface area contributed by atoms with Gasteiger partial charge in [0.15, 0.2) is 0 Å². The minimum Gasteiger partial charge on any atom is -0.492 e. The summed E-state index contributed by atoms with van der Waals surface area (Å²) in [4.78, 5) is 7.47. The third-order valence-corrected chi connectivity index (χ3v) is 7.56. The van der Waals surface area contributed by atoms with Crippen LogP contribution in [0.2, 0.25) is 0 Å². The highest BCUT2D eigenvalue weighted by Gasteiger charge is 2.39. The summed E-state index contributed by atoms with van der Waals surface area (Å²) < 4.78 is 63.0. The maximum absolute atomic E-state index is 15.6. The van der Waals surface area contributed by atoms with Crippen molar-refractivity contribution in [2.24, 2.45) is 11.8 Å². The van der Waals surface area contributed by atoms with Crippen molar-refractivity contribution in [1.29, 1.82) is 0 Å². The molecule has 2 aromatic carbocycles. The highest BCUT2D eigenvalue weighted by atomic mass is 19.1. The van der Waals surface area contributed by atoms with Crippen LogP contribution >= 0.6 is 0 Å². The fourth-order valence-corrected chi connectivity index (χ4v) is 5.67.